The molecule has 1 aliphatic heterocycles. The highest BCUT2D eigenvalue weighted by Gasteiger charge is 2.40. The molecule has 1 fully saturated rings. The highest BCUT2D eigenvalue weighted by atomic mass is 16.5. The lowest BCUT2D eigenvalue weighted by atomic mass is 9.83. The lowest BCUT2D eigenvalue weighted by Gasteiger charge is -2.41. The second-order valence-corrected chi connectivity index (χ2v) is 5.22. The molecule has 0 spiro atoms. The second kappa shape index (κ2) is 3.91. The lowest BCUT2D eigenvalue weighted by molar-refractivity contribution is 0.366. The largest absolute Gasteiger partial charge is 0.497 e. The average molecular weight is 232 g/mol. The molecular weight excluding hydrogens is 212 g/mol. The molecule has 3 heteroatoms. The van der Waals surface area contributed by atoms with Crippen molar-refractivity contribution in [2.24, 2.45) is 11.7 Å². The molecule has 0 radical (unpaired) electrons. The Morgan fingerprint density at radius 1 is 1.35 bits per heavy atom. The number of hydrogen-bond donors (Lipinski definition) is 1. The standard InChI is InChI=1S/C14H20N2O/c1-16-12-5-3-4-10(12)14(15)11-8-9(17-2)6-7-13(11)16/h6-8,10,12,14H,3-5,15H2,1-2H3. The summed E-state index contributed by atoms with van der Waals surface area (Å²) in [6, 6.07) is 7.07. The number of nitrogens with zero attached hydrogens (tertiary/aromatic N) is 1. The van der Waals surface area contributed by atoms with E-state index in [4.69, 9.17) is 10.5 Å². The van der Waals surface area contributed by atoms with Gasteiger partial charge in [0.25, 0.3) is 0 Å². The van der Waals surface area contributed by atoms with E-state index in [0.29, 0.717) is 12.0 Å². The van der Waals surface area contributed by atoms with Crippen molar-refractivity contribution in [3.8, 4) is 5.75 Å². The lowest BCUT2D eigenvalue weighted by Crippen LogP contribution is -2.44. The van der Waals surface area contributed by atoms with Gasteiger partial charge in [0.15, 0.2) is 0 Å². The topological polar surface area (TPSA) is 38.5 Å². The molecule has 1 aromatic carbocycles. The zero-order chi connectivity index (χ0) is 12.0. The summed E-state index contributed by atoms with van der Waals surface area (Å²) in [6.45, 7) is 0. The maximum absolute atomic E-state index is 6.44. The van der Waals surface area contributed by atoms with Gasteiger partial charge in [-0.25, -0.2) is 0 Å². The Morgan fingerprint density at radius 2 is 2.18 bits per heavy atom. The maximum atomic E-state index is 6.44. The molecule has 3 nitrogen and oxygen atoms in total. The fourth-order valence-corrected chi connectivity index (χ4v) is 3.53. The fourth-order valence-electron chi connectivity index (χ4n) is 3.53. The molecule has 0 bridgehead atoms. The number of anilines is 1. The minimum absolute atomic E-state index is 0.170. The summed E-state index contributed by atoms with van der Waals surface area (Å²) in [5.74, 6) is 1.52. The van der Waals surface area contributed by atoms with Gasteiger partial charge in [-0.2, -0.15) is 0 Å². The minimum Gasteiger partial charge on any atom is -0.497 e. The monoisotopic (exact) mass is 232 g/mol. The van der Waals surface area contributed by atoms with E-state index < -0.39 is 0 Å². The normalized spacial score (nSPS) is 31.0. The van der Waals surface area contributed by atoms with Gasteiger partial charge in [-0.05, 0) is 42.5 Å². The highest BCUT2D eigenvalue weighted by Crippen LogP contribution is 2.46. The summed E-state index contributed by atoms with van der Waals surface area (Å²) in [6.07, 6.45) is 3.84. The summed E-state index contributed by atoms with van der Waals surface area (Å²) < 4.78 is 5.30. The van der Waals surface area contributed by atoms with Gasteiger partial charge >= 0.3 is 0 Å². The summed E-state index contributed by atoms with van der Waals surface area (Å²) in [7, 11) is 3.90. The van der Waals surface area contributed by atoms with Crippen LogP contribution in [0.5, 0.6) is 5.75 Å². The van der Waals surface area contributed by atoms with Gasteiger partial charge in [0.1, 0.15) is 5.75 Å². The third kappa shape index (κ3) is 1.53. The molecule has 1 heterocycles. The summed E-state index contributed by atoms with van der Waals surface area (Å²) >= 11 is 0. The molecule has 92 valence electrons. The van der Waals surface area contributed by atoms with Gasteiger partial charge in [-0.1, -0.05) is 6.42 Å². The van der Waals surface area contributed by atoms with Crippen LogP contribution in [0.1, 0.15) is 30.9 Å². The van der Waals surface area contributed by atoms with Crippen LogP contribution in [0.15, 0.2) is 18.2 Å². The molecule has 0 saturated heterocycles. The molecule has 17 heavy (non-hydrogen) atoms. The molecule has 3 atom stereocenters. The molecule has 2 N–H and O–H groups in total. The SMILES string of the molecule is COc1ccc2c(c1)C(N)C1CCCC1N2C. The number of fused-ring (bicyclic) bond motifs is 2. The Kier molecular flexibility index (Phi) is 2.51. The Labute approximate surface area is 103 Å². The molecule has 0 amide bonds. The highest BCUT2D eigenvalue weighted by molar-refractivity contribution is 5.60. The Bertz CT molecular complexity index is 432. The van der Waals surface area contributed by atoms with Crippen molar-refractivity contribution in [3.05, 3.63) is 23.8 Å². The van der Waals surface area contributed by atoms with Crippen molar-refractivity contribution in [1.29, 1.82) is 0 Å². The van der Waals surface area contributed by atoms with Gasteiger partial charge in [-0.15, -0.1) is 0 Å². The number of methoxy groups -OCH3 is 1. The number of benzene rings is 1. The van der Waals surface area contributed by atoms with Crippen molar-refractivity contribution in [3.63, 3.8) is 0 Å². The van der Waals surface area contributed by atoms with Crippen molar-refractivity contribution >= 4 is 5.69 Å². The fraction of sp³-hybridized carbons (Fsp3) is 0.571. The predicted octanol–water partition coefficient (Wildman–Crippen LogP) is 2.31. The van der Waals surface area contributed by atoms with Crippen LogP contribution in [0.4, 0.5) is 5.69 Å². The van der Waals surface area contributed by atoms with E-state index in [-0.39, 0.29) is 6.04 Å². The van der Waals surface area contributed by atoms with Crippen molar-refractivity contribution in [2.45, 2.75) is 31.3 Å². The van der Waals surface area contributed by atoms with E-state index in [2.05, 4.69) is 24.1 Å². The van der Waals surface area contributed by atoms with Crippen LogP contribution in [0.3, 0.4) is 0 Å². The van der Waals surface area contributed by atoms with Crippen molar-refractivity contribution in [1.82, 2.24) is 0 Å². The first-order valence-electron chi connectivity index (χ1n) is 6.38. The Hall–Kier alpha value is -1.22. The molecule has 1 aromatic rings. The zero-order valence-corrected chi connectivity index (χ0v) is 10.5. The van der Waals surface area contributed by atoms with E-state index in [1.165, 1.54) is 30.5 Å². The maximum Gasteiger partial charge on any atom is 0.119 e. The second-order valence-electron chi connectivity index (χ2n) is 5.22. The van der Waals surface area contributed by atoms with Crippen LogP contribution in [-0.2, 0) is 0 Å². The van der Waals surface area contributed by atoms with Crippen molar-refractivity contribution < 1.29 is 4.74 Å². The first-order valence-corrected chi connectivity index (χ1v) is 6.38. The van der Waals surface area contributed by atoms with Crippen LogP contribution in [0.2, 0.25) is 0 Å². The van der Waals surface area contributed by atoms with Crippen LogP contribution in [-0.4, -0.2) is 20.2 Å². The van der Waals surface area contributed by atoms with Crippen LogP contribution >= 0.6 is 0 Å². The van der Waals surface area contributed by atoms with E-state index in [1.807, 2.05) is 6.07 Å². The summed E-state index contributed by atoms with van der Waals surface area (Å²) in [4.78, 5) is 2.41. The molecule has 0 aromatic heterocycles. The Balaban J connectivity index is 2.07. The average Bonchev–Trinajstić information content (AvgIpc) is 2.85. The Morgan fingerprint density at radius 3 is 2.94 bits per heavy atom. The first-order chi connectivity index (χ1) is 8.22. The molecule has 3 rings (SSSR count). The van der Waals surface area contributed by atoms with Gasteiger partial charge in [0.05, 0.1) is 7.11 Å². The van der Waals surface area contributed by atoms with E-state index >= 15 is 0 Å². The quantitative estimate of drug-likeness (QED) is 0.807. The van der Waals surface area contributed by atoms with Gasteiger partial charge in [0, 0.05) is 24.8 Å². The van der Waals surface area contributed by atoms with Gasteiger partial charge in [-0.3, -0.25) is 0 Å². The van der Waals surface area contributed by atoms with Crippen molar-refractivity contribution in [2.75, 3.05) is 19.1 Å². The van der Waals surface area contributed by atoms with Gasteiger partial charge in [0.2, 0.25) is 0 Å². The summed E-state index contributed by atoms with van der Waals surface area (Å²) in [5.41, 5.74) is 8.96. The number of rotatable bonds is 1. The first kappa shape index (κ1) is 10.9. The third-order valence-electron chi connectivity index (χ3n) is 4.46. The molecule has 3 unspecified atom stereocenters. The number of hydrogen-bond acceptors (Lipinski definition) is 3. The van der Waals surface area contributed by atoms with E-state index in [1.54, 1.807) is 7.11 Å². The van der Waals surface area contributed by atoms with Gasteiger partial charge < -0.3 is 15.4 Å². The molecular formula is C14H20N2O. The summed E-state index contributed by atoms with van der Waals surface area (Å²) in [5, 5.41) is 0. The molecule has 1 saturated carbocycles. The zero-order valence-electron chi connectivity index (χ0n) is 10.5. The van der Waals surface area contributed by atoms with Crippen LogP contribution < -0.4 is 15.4 Å². The van der Waals surface area contributed by atoms with E-state index in [9.17, 15) is 0 Å². The molecule has 1 aliphatic carbocycles. The predicted molar refractivity (Wildman–Crippen MR) is 69.5 cm³/mol. The number of nitrogens with two attached hydrogens (primary N) is 1. The smallest absolute Gasteiger partial charge is 0.119 e. The number of ether oxygens (including phenoxy) is 1. The van der Waals surface area contributed by atoms with Crippen LogP contribution in [0.25, 0.3) is 0 Å². The minimum atomic E-state index is 0.170. The van der Waals surface area contributed by atoms with Crippen LogP contribution in [0, 0.1) is 5.92 Å². The molecule has 2 aliphatic rings. The van der Waals surface area contributed by atoms with E-state index in [0.717, 1.165) is 5.75 Å². The third-order valence-corrected chi connectivity index (χ3v) is 4.46.